The summed E-state index contributed by atoms with van der Waals surface area (Å²) in [6.07, 6.45) is 0. The summed E-state index contributed by atoms with van der Waals surface area (Å²) in [4.78, 5) is 1.29. The van der Waals surface area contributed by atoms with E-state index in [9.17, 15) is 0 Å². The van der Waals surface area contributed by atoms with Crippen LogP contribution in [-0.4, -0.2) is 18.3 Å². The predicted molar refractivity (Wildman–Crippen MR) is 82.8 cm³/mol. The molecule has 0 fully saturated rings. The van der Waals surface area contributed by atoms with Crippen molar-refractivity contribution in [3.63, 3.8) is 0 Å². The minimum atomic E-state index is 0.151. The molecule has 3 aromatic rings. The molecule has 0 aliphatic heterocycles. The van der Waals surface area contributed by atoms with Crippen molar-refractivity contribution in [1.82, 2.24) is 0 Å². The largest absolute Gasteiger partial charge is 0.395 e. The van der Waals surface area contributed by atoms with Crippen LogP contribution in [-0.2, 0) is 0 Å². The molecule has 0 amide bonds. The van der Waals surface area contributed by atoms with Crippen LogP contribution in [0.1, 0.15) is 0 Å². The van der Waals surface area contributed by atoms with E-state index in [0.29, 0.717) is 6.54 Å². The fourth-order valence-electron chi connectivity index (χ4n) is 2.08. The second-order valence-corrected chi connectivity index (χ2v) is 5.46. The van der Waals surface area contributed by atoms with Crippen LogP contribution in [0, 0.1) is 0 Å². The van der Waals surface area contributed by atoms with E-state index < -0.39 is 0 Å². The molecule has 1 heterocycles. The van der Waals surface area contributed by atoms with Crippen molar-refractivity contribution in [2.75, 3.05) is 18.5 Å². The van der Waals surface area contributed by atoms with Gasteiger partial charge in [-0.1, -0.05) is 30.3 Å². The number of thiophene rings is 1. The lowest BCUT2D eigenvalue weighted by atomic mass is 10.1. The number of nitrogens with one attached hydrogen (secondary N) is 1. The van der Waals surface area contributed by atoms with Crippen LogP contribution in [0.4, 0.5) is 5.69 Å². The first-order valence-electron chi connectivity index (χ1n) is 6.30. The second-order valence-electron chi connectivity index (χ2n) is 4.38. The molecule has 19 heavy (non-hydrogen) atoms. The summed E-state index contributed by atoms with van der Waals surface area (Å²) < 4.78 is 1.32. The molecule has 0 bridgehead atoms. The molecule has 2 N–H and O–H groups in total. The highest BCUT2D eigenvalue weighted by Crippen LogP contribution is 2.33. The Morgan fingerprint density at radius 1 is 1.00 bits per heavy atom. The smallest absolute Gasteiger partial charge is 0.0604 e. The summed E-state index contributed by atoms with van der Waals surface area (Å²) in [7, 11) is 0. The number of hydrogen-bond acceptors (Lipinski definition) is 3. The summed E-state index contributed by atoms with van der Waals surface area (Å²) in [6, 6.07) is 19.0. The van der Waals surface area contributed by atoms with Gasteiger partial charge in [-0.15, -0.1) is 11.3 Å². The van der Waals surface area contributed by atoms with E-state index in [4.69, 9.17) is 5.11 Å². The molecule has 0 aliphatic rings. The first kappa shape index (κ1) is 12.2. The molecule has 0 atom stereocenters. The Hall–Kier alpha value is -1.84. The monoisotopic (exact) mass is 269 g/mol. The van der Waals surface area contributed by atoms with Crippen LogP contribution >= 0.6 is 11.3 Å². The van der Waals surface area contributed by atoms with E-state index in [1.54, 1.807) is 0 Å². The Balaban J connectivity index is 1.88. The lowest BCUT2D eigenvalue weighted by Crippen LogP contribution is -2.04. The van der Waals surface area contributed by atoms with Crippen molar-refractivity contribution >= 4 is 27.1 Å². The number of aliphatic hydroxyl groups excluding tert-OH is 1. The van der Waals surface area contributed by atoms with Crippen molar-refractivity contribution in [3.8, 4) is 10.4 Å². The topological polar surface area (TPSA) is 32.3 Å². The summed E-state index contributed by atoms with van der Waals surface area (Å²) in [5.41, 5.74) is 2.27. The number of fused-ring (bicyclic) bond motifs is 1. The molecule has 0 unspecified atom stereocenters. The highest BCUT2D eigenvalue weighted by atomic mass is 32.1. The summed E-state index contributed by atoms with van der Waals surface area (Å²) in [6.45, 7) is 0.736. The molecular weight excluding hydrogens is 254 g/mol. The Morgan fingerprint density at radius 3 is 2.53 bits per heavy atom. The number of aliphatic hydroxyl groups is 1. The van der Waals surface area contributed by atoms with Gasteiger partial charge >= 0.3 is 0 Å². The first-order valence-corrected chi connectivity index (χ1v) is 7.12. The number of anilines is 1. The average molecular weight is 269 g/mol. The van der Waals surface area contributed by atoms with E-state index in [-0.39, 0.29) is 6.61 Å². The molecule has 0 radical (unpaired) electrons. The van der Waals surface area contributed by atoms with Crippen molar-refractivity contribution in [1.29, 1.82) is 0 Å². The second kappa shape index (κ2) is 5.43. The van der Waals surface area contributed by atoms with Crippen LogP contribution in [0.15, 0.2) is 54.6 Å². The number of benzene rings is 2. The molecule has 1 aromatic heterocycles. The van der Waals surface area contributed by atoms with Gasteiger partial charge in [0.05, 0.1) is 6.61 Å². The standard InChI is InChI=1S/C16H15NOS/c18-10-9-17-14-7-5-12(6-8-14)16-11-13-3-1-2-4-15(13)19-16/h1-8,11,17-18H,9-10H2. The van der Waals surface area contributed by atoms with Gasteiger partial charge in [-0.3, -0.25) is 0 Å². The van der Waals surface area contributed by atoms with Crippen molar-refractivity contribution in [3.05, 3.63) is 54.6 Å². The summed E-state index contributed by atoms with van der Waals surface area (Å²) in [5, 5.41) is 13.2. The van der Waals surface area contributed by atoms with Gasteiger partial charge in [0.2, 0.25) is 0 Å². The van der Waals surface area contributed by atoms with Gasteiger partial charge < -0.3 is 10.4 Å². The third-order valence-corrected chi connectivity index (χ3v) is 4.20. The SMILES string of the molecule is OCCNc1ccc(-c2cc3ccccc3s2)cc1. The van der Waals surface area contributed by atoms with E-state index in [1.165, 1.54) is 20.5 Å². The lowest BCUT2D eigenvalue weighted by Gasteiger charge is -2.04. The third-order valence-electron chi connectivity index (χ3n) is 3.04. The quantitative estimate of drug-likeness (QED) is 0.751. The highest BCUT2D eigenvalue weighted by molar-refractivity contribution is 7.22. The Kier molecular flexibility index (Phi) is 3.49. The predicted octanol–water partition coefficient (Wildman–Crippen LogP) is 3.97. The molecule has 0 aliphatic carbocycles. The fourth-order valence-corrected chi connectivity index (χ4v) is 3.14. The molecule has 0 spiro atoms. The summed E-state index contributed by atoms with van der Waals surface area (Å²) >= 11 is 1.81. The zero-order valence-corrected chi connectivity index (χ0v) is 11.3. The number of hydrogen-bond donors (Lipinski definition) is 2. The minimum Gasteiger partial charge on any atom is -0.395 e. The molecule has 0 saturated carbocycles. The number of rotatable bonds is 4. The van der Waals surface area contributed by atoms with Gasteiger partial charge in [0.1, 0.15) is 0 Å². The van der Waals surface area contributed by atoms with E-state index >= 15 is 0 Å². The highest BCUT2D eigenvalue weighted by Gasteiger charge is 2.03. The van der Waals surface area contributed by atoms with Crippen molar-refractivity contribution in [2.45, 2.75) is 0 Å². The van der Waals surface area contributed by atoms with Gasteiger partial charge in [0.15, 0.2) is 0 Å². The molecule has 3 heteroatoms. The molecule has 2 aromatic carbocycles. The first-order chi connectivity index (χ1) is 9.36. The van der Waals surface area contributed by atoms with Gasteiger partial charge in [-0.05, 0) is 35.2 Å². The molecule has 3 rings (SSSR count). The molecule has 96 valence electrons. The van der Waals surface area contributed by atoms with Gasteiger partial charge in [0.25, 0.3) is 0 Å². The minimum absolute atomic E-state index is 0.151. The fraction of sp³-hybridized carbons (Fsp3) is 0.125. The zero-order valence-electron chi connectivity index (χ0n) is 10.5. The Bertz CT molecular complexity index is 640. The van der Waals surface area contributed by atoms with Gasteiger partial charge in [0, 0.05) is 21.8 Å². The third kappa shape index (κ3) is 2.62. The van der Waals surface area contributed by atoms with E-state index in [1.807, 2.05) is 11.3 Å². The van der Waals surface area contributed by atoms with Crippen LogP contribution < -0.4 is 5.32 Å². The Morgan fingerprint density at radius 2 is 1.79 bits per heavy atom. The van der Waals surface area contributed by atoms with Crippen LogP contribution in [0.3, 0.4) is 0 Å². The maximum atomic E-state index is 8.78. The molecule has 2 nitrogen and oxygen atoms in total. The maximum Gasteiger partial charge on any atom is 0.0604 e. The Labute approximate surface area is 116 Å². The van der Waals surface area contributed by atoms with Gasteiger partial charge in [-0.2, -0.15) is 0 Å². The van der Waals surface area contributed by atoms with Crippen LogP contribution in [0.2, 0.25) is 0 Å². The zero-order chi connectivity index (χ0) is 13.1. The lowest BCUT2D eigenvalue weighted by molar-refractivity contribution is 0.311. The van der Waals surface area contributed by atoms with Crippen LogP contribution in [0.5, 0.6) is 0 Å². The van der Waals surface area contributed by atoms with Gasteiger partial charge in [-0.25, -0.2) is 0 Å². The maximum absolute atomic E-state index is 8.78. The van der Waals surface area contributed by atoms with E-state index in [2.05, 4.69) is 59.9 Å². The molecular formula is C16H15NOS. The molecule has 0 saturated heterocycles. The van der Waals surface area contributed by atoms with E-state index in [0.717, 1.165) is 5.69 Å². The van der Waals surface area contributed by atoms with Crippen LogP contribution in [0.25, 0.3) is 20.5 Å². The normalized spacial score (nSPS) is 10.8. The van der Waals surface area contributed by atoms with Crippen molar-refractivity contribution < 1.29 is 5.11 Å². The summed E-state index contributed by atoms with van der Waals surface area (Å²) in [5.74, 6) is 0. The van der Waals surface area contributed by atoms with Crippen molar-refractivity contribution in [2.24, 2.45) is 0 Å². The average Bonchev–Trinajstić information content (AvgIpc) is 2.89.